The Kier molecular flexibility index (Phi) is 4.61. The van der Waals surface area contributed by atoms with E-state index in [-0.39, 0.29) is 18.7 Å². The molecule has 1 amide bonds. The fourth-order valence-electron chi connectivity index (χ4n) is 2.34. The van der Waals surface area contributed by atoms with Crippen LogP contribution in [0.2, 0.25) is 0 Å². The summed E-state index contributed by atoms with van der Waals surface area (Å²) in [6.45, 7) is 4.89. The number of benzene rings is 1. The lowest BCUT2D eigenvalue weighted by Gasteiger charge is -2.36. The molecule has 1 fully saturated rings. The van der Waals surface area contributed by atoms with Gasteiger partial charge in [0, 0.05) is 44.3 Å². The summed E-state index contributed by atoms with van der Waals surface area (Å²) in [5.41, 5.74) is 2.39. The van der Waals surface area contributed by atoms with E-state index < -0.39 is 5.97 Å². The highest BCUT2D eigenvalue weighted by Crippen LogP contribution is 2.17. The molecule has 1 aliphatic heterocycles. The van der Waals surface area contributed by atoms with E-state index in [4.69, 9.17) is 0 Å². The molecule has 2 rings (SSSR count). The van der Waals surface area contributed by atoms with Crippen LogP contribution in [0.15, 0.2) is 24.3 Å². The Morgan fingerprint density at radius 1 is 1.05 bits per heavy atom. The number of nitrogens with zero attached hydrogens (tertiary/aromatic N) is 2. The van der Waals surface area contributed by atoms with Crippen molar-refractivity contribution in [2.75, 3.05) is 31.1 Å². The van der Waals surface area contributed by atoms with E-state index in [1.165, 1.54) is 5.56 Å². The zero-order valence-electron chi connectivity index (χ0n) is 11.7. The number of hydrogen-bond donors (Lipinski definition) is 0. The second-order valence-corrected chi connectivity index (χ2v) is 5.08. The maximum atomic E-state index is 11.8. The number of aryl methyl sites for hydroxylation is 1. The maximum Gasteiger partial charge on any atom is 0.223 e. The Morgan fingerprint density at radius 2 is 1.65 bits per heavy atom. The smallest absolute Gasteiger partial charge is 0.223 e. The van der Waals surface area contributed by atoms with Gasteiger partial charge in [0.15, 0.2) is 0 Å². The van der Waals surface area contributed by atoms with E-state index in [2.05, 4.69) is 36.1 Å². The van der Waals surface area contributed by atoms with Crippen molar-refractivity contribution < 1.29 is 14.7 Å². The molecule has 0 aliphatic carbocycles. The van der Waals surface area contributed by atoms with Crippen LogP contribution in [0.3, 0.4) is 0 Å². The number of piperazine rings is 1. The predicted octanol–water partition coefficient (Wildman–Crippen LogP) is 0.174. The lowest BCUT2D eigenvalue weighted by atomic mass is 10.2. The predicted molar refractivity (Wildman–Crippen MR) is 74.2 cm³/mol. The lowest BCUT2D eigenvalue weighted by molar-refractivity contribution is -0.305. The fourth-order valence-corrected chi connectivity index (χ4v) is 2.34. The molecule has 1 saturated heterocycles. The molecule has 1 heterocycles. The summed E-state index contributed by atoms with van der Waals surface area (Å²) in [5.74, 6) is -1.27. The summed E-state index contributed by atoms with van der Waals surface area (Å²) in [7, 11) is 0. The van der Waals surface area contributed by atoms with Gasteiger partial charge in [-0.05, 0) is 25.5 Å². The van der Waals surface area contributed by atoms with Gasteiger partial charge in [-0.2, -0.15) is 0 Å². The van der Waals surface area contributed by atoms with Crippen LogP contribution in [-0.2, 0) is 9.59 Å². The number of carbonyl (C=O) groups is 2. The van der Waals surface area contributed by atoms with Crippen molar-refractivity contribution in [1.82, 2.24) is 4.90 Å². The Bertz CT molecular complexity index is 476. The quantitative estimate of drug-likeness (QED) is 0.786. The molecule has 0 bridgehead atoms. The van der Waals surface area contributed by atoms with Crippen molar-refractivity contribution in [2.45, 2.75) is 19.8 Å². The summed E-state index contributed by atoms with van der Waals surface area (Å²) >= 11 is 0. The van der Waals surface area contributed by atoms with Gasteiger partial charge >= 0.3 is 0 Å². The Hall–Kier alpha value is -2.04. The van der Waals surface area contributed by atoms with Crippen molar-refractivity contribution in [2.24, 2.45) is 0 Å². The largest absolute Gasteiger partial charge is 0.550 e. The van der Waals surface area contributed by atoms with Gasteiger partial charge in [-0.15, -0.1) is 0 Å². The van der Waals surface area contributed by atoms with Crippen LogP contribution < -0.4 is 10.0 Å². The molecule has 0 unspecified atom stereocenters. The molecule has 5 heteroatoms. The van der Waals surface area contributed by atoms with Crippen LogP contribution >= 0.6 is 0 Å². The molecular weight excluding hydrogens is 256 g/mol. The van der Waals surface area contributed by atoms with Crippen LogP contribution in [0.4, 0.5) is 5.69 Å². The van der Waals surface area contributed by atoms with Crippen LogP contribution in [0.5, 0.6) is 0 Å². The average Bonchev–Trinajstić information content (AvgIpc) is 2.46. The third-order valence-corrected chi connectivity index (χ3v) is 3.57. The van der Waals surface area contributed by atoms with Crippen molar-refractivity contribution in [3.05, 3.63) is 29.8 Å². The molecule has 20 heavy (non-hydrogen) atoms. The maximum absolute atomic E-state index is 11.8. The van der Waals surface area contributed by atoms with E-state index >= 15 is 0 Å². The summed E-state index contributed by atoms with van der Waals surface area (Å²) in [6, 6.07) is 8.32. The highest BCUT2D eigenvalue weighted by atomic mass is 16.4. The van der Waals surface area contributed by atoms with E-state index in [1.807, 2.05) is 0 Å². The van der Waals surface area contributed by atoms with Gasteiger partial charge in [0.2, 0.25) is 5.91 Å². The normalized spacial score (nSPS) is 15.2. The minimum Gasteiger partial charge on any atom is -0.550 e. The first-order valence-corrected chi connectivity index (χ1v) is 6.85. The van der Waals surface area contributed by atoms with Gasteiger partial charge in [-0.25, -0.2) is 0 Å². The number of carbonyl (C=O) groups excluding carboxylic acids is 2. The first-order valence-electron chi connectivity index (χ1n) is 6.85. The van der Waals surface area contributed by atoms with Gasteiger partial charge in [0.05, 0.1) is 0 Å². The average molecular weight is 275 g/mol. The zero-order valence-corrected chi connectivity index (χ0v) is 11.7. The monoisotopic (exact) mass is 275 g/mol. The van der Waals surface area contributed by atoms with E-state index in [1.54, 1.807) is 4.90 Å². The summed E-state index contributed by atoms with van der Waals surface area (Å²) < 4.78 is 0. The van der Waals surface area contributed by atoms with Crippen molar-refractivity contribution in [1.29, 1.82) is 0 Å². The van der Waals surface area contributed by atoms with Crippen LogP contribution in [-0.4, -0.2) is 43.0 Å². The minimum atomic E-state index is -1.17. The van der Waals surface area contributed by atoms with Crippen LogP contribution in [0.25, 0.3) is 0 Å². The van der Waals surface area contributed by atoms with Crippen molar-refractivity contribution in [3.8, 4) is 0 Å². The third-order valence-electron chi connectivity index (χ3n) is 3.57. The first kappa shape index (κ1) is 14.4. The standard InChI is InChI=1S/C15H20N2O3/c1-12-2-4-13(5-3-12)16-8-10-17(11-9-16)14(18)6-7-15(19)20/h2-5H,6-11H2,1H3,(H,19,20)/p-1. The van der Waals surface area contributed by atoms with Gasteiger partial charge in [-0.1, -0.05) is 17.7 Å². The Morgan fingerprint density at radius 3 is 2.20 bits per heavy atom. The second-order valence-electron chi connectivity index (χ2n) is 5.08. The molecule has 0 saturated carbocycles. The third kappa shape index (κ3) is 3.73. The van der Waals surface area contributed by atoms with Gasteiger partial charge in [0.25, 0.3) is 0 Å². The van der Waals surface area contributed by atoms with Gasteiger partial charge < -0.3 is 19.7 Å². The number of rotatable bonds is 4. The van der Waals surface area contributed by atoms with Crippen molar-refractivity contribution >= 4 is 17.6 Å². The molecule has 0 N–H and O–H groups in total. The van der Waals surface area contributed by atoms with E-state index in [9.17, 15) is 14.7 Å². The number of amides is 1. The summed E-state index contributed by atoms with van der Waals surface area (Å²) in [4.78, 5) is 26.1. The van der Waals surface area contributed by atoms with Gasteiger partial charge in [-0.3, -0.25) is 4.79 Å². The first-order chi connectivity index (χ1) is 9.56. The number of carboxylic acid groups (broad SMARTS) is 1. The number of aliphatic carboxylic acids is 1. The molecule has 1 aromatic carbocycles. The summed E-state index contributed by atoms with van der Waals surface area (Å²) in [5, 5.41) is 10.4. The molecule has 0 aromatic heterocycles. The Balaban J connectivity index is 1.84. The fraction of sp³-hybridized carbons (Fsp3) is 0.467. The van der Waals surface area contributed by atoms with Crippen molar-refractivity contribution in [3.63, 3.8) is 0 Å². The topological polar surface area (TPSA) is 63.7 Å². The van der Waals surface area contributed by atoms with E-state index in [0.717, 1.165) is 18.8 Å². The molecule has 0 radical (unpaired) electrons. The molecular formula is C15H19N2O3-. The molecule has 1 aliphatic rings. The van der Waals surface area contributed by atoms with Crippen LogP contribution in [0.1, 0.15) is 18.4 Å². The SMILES string of the molecule is Cc1ccc(N2CCN(C(=O)CCC(=O)[O-])CC2)cc1. The van der Waals surface area contributed by atoms with Crippen LogP contribution in [0, 0.1) is 6.92 Å². The number of hydrogen-bond acceptors (Lipinski definition) is 4. The number of carboxylic acids is 1. The zero-order chi connectivity index (χ0) is 14.5. The molecule has 0 spiro atoms. The van der Waals surface area contributed by atoms with Gasteiger partial charge in [0.1, 0.15) is 0 Å². The minimum absolute atomic E-state index is 0.0346. The lowest BCUT2D eigenvalue weighted by Crippen LogP contribution is -2.49. The highest BCUT2D eigenvalue weighted by molar-refractivity contribution is 5.80. The molecule has 0 atom stereocenters. The molecule has 1 aromatic rings. The molecule has 5 nitrogen and oxygen atoms in total. The highest BCUT2D eigenvalue weighted by Gasteiger charge is 2.20. The Labute approximate surface area is 118 Å². The second kappa shape index (κ2) is 6.41. The summed E-state index contributed by atoms with van der Waals surface area (Å²) in [6.07, 6.45) is -0.163. The van der Waals surface area contributed by atoms with E-state index in [0.29, 0.717) is 13.1 Å². The molecule has 108 valence electrons. The number of anilines is 1.